The highest BCUT2D eigenvalue weighted by Gasteiger charge is 2.15. The second kappa shape index (κ2) is 8.39. The first-order valence-corrected chi connectivity index (χ1v) is 8.50. The highest BCUT2D eigenvalue weighted by atomic mass is 32.2. The van der Waals surface area contributed by atoms with Crippen molar-refractivity contribution in [2.45, 2.75) is 51.0 Å². The Balaban J connectivity index is 1.38. The summed E-state index contributed by atoms with van der Waals surface area (Å²) in [5.74, 6) is 3.41. The molecule has 3 heteroatoms. The summed E-state index contributed by atoms with van der Waals surface area (Å²) in [4.78, 5) is 0. The first kappa shape index (κ1) is 13.7. The van der Waals surface area contributed by atoms with Crippen molar-refractivity contribution < 1.29 is 4.74 Å². The van der Waals surface area contributed by atoms with Gasteiger partial charge in [-0.25, -0.2) is 0 Å². The Labute approximate surface area is 110 Å². The van der Waals surface area contributed by atoms with Gasteiger partial charge in [0.25, 0.3) is 0 Å². The summed E-state index contributed by atoms with van der Waals surface area (Å²) in [6, 6.07) is 0. The molecule has 0 spiro atoms. The zero-order valence-electron chi connectivity index (χ0n) is 11.0. The minimum Gasteiger partial charge on any atom is -0.377 e. The Kier molecular flexibility index (Phi) is 6.76. The number of ether oxygens (including phenoxy) is 1. The van der Waals surface area contributed by atoms with Crippen molar-refractivity contribution in [1.82, 2.24) is 5.32 Å². The Morgan fingerprint density at radius 2 is 1.94 bits per heavy atom. The third-order valence-corrected chi connectivity index (χ3v) is 5.01. The standard InChI is InChI=1S/C14H27NOS/c1-2-5-13(6-3-1)11-15-8-10-17-12-14-7-4-9-16-14/h13-15H,1-12H2. The molecule has 1 aliphatic heterocycles. The van der Waals surface area contributed by atoms with E-state index in [1.807, 2.05) is 11.8 Å². The molecule has 2 nitrogen and oxygen atoms in total. The average molecular weight is 257 g/mol. The molecule has 1 heterocycles. The van der Waals surface area contributed by atoms with E-state index in [4.69, 9.17) is 4.74 Å². The Morgan fingerprint density at radius 3 is 2.71 bits per heavy atom. The lowest BCUT2D eigenvalue weighted by molar-refractivity contribution is 0.129. The van der Waals surface area contributed by atoms with Gasteiger partial charge in [-0.1, -0.05) is 19.3 Å². The molecule has 100 valence electrons. The van der Waals surface area contributed by atoms with Crippen LogP contribution in [0.1, 0.15) is 44.9 Å². The summed E-state index contributed by atoms with van der Waals surface area (Å²) < 4.78 is 5.61. The molecule has 2 aliphatic rings. The van der Waals surface area contributed by atoms with Gasteiger partial charge >= 0.3 is 0 Å². The summed E-state index contributed by atoms with van der Waals surface area (Å²) >= 11 is 2.05. The van der Waals surface area contributed by atoms with Crippen molar-refractivity contribution in [3.63, 3.8) is 0 Å². The third kappa shape index (κ3) is 5.62. The lowest BCUT2D eigenvalue weighted by Gasteiger charge is -2.21. The molecule has 0 aromatic rings. The molecule has 0 radical (unpaired) electrons. The number of thioether (sulfide) groups is 1. The van der Waals surface area contributed by atoms with Crippen LogP contribution in [0.15, 0.2) is 0 Å². The zero-order chi connectivity index (χ0) is 11.8. The molecule has 0 bridgehead atoms. The quantitative estimate of drug-likeness (QED) is 0.708. The molecule has 1 unspecified atom stereocenters. The van der Waals surface area contributed by atoms with Crippen LogP contribution in [0.25, 0.3) is 0 Å². The minimum absolute atomic E-state index is 0.554. The van der Waals surface area contributed by atoms with E-state index in [9.17, 15) is 0 Å². The Morgan fingerprint density at radius 1 is 1.06 bits per heavy atom. The second-order valence-electron chi connectivity index (χ2n) is 5.42. The lowest BCUT2D eigenvalue weighted by atomic mass is 9.89. The fourth-order valence-corrected chi connectivity index (χ4v) is 3.81. The molecular formula is C14H27NOS. The van der Waals surface area contributed by atoms with Crippen molar-refractivity contribution in [1.29, 1.82) is 0 Å². The van der Waals surface area contributed by atoms with Gasteiger partial charge in [-0.3, -0.25) is 0 Å². The zero-order valence-corrected chi connectivity index (χ0v) is 11.8. The van der Waals surface area contributed by atoms with Crippen LogP contribution in [0, 0.1) is 5.92 Å². The van der Waals surface area contributed by atoms with Gasteiger partial charge in [-0.15, -0.1) is 0 Å². The maximum Gasteiger partial charge on any atom is 0.0666 e. The van der Waals surface area contributed by atoms with Crippen LogP contribution in [0.4, 0.5) is 0 Å². The van der Waals surface area contributed by atoms with Gasteiger partial charge in [0.2, 0.25) is 0 Å². The molecule has 0 amide bonds. The molecule has 1 saturated carbocycles. The van der Waals surface area contributed by atoms with E-state index in [2.05, 4.69) is 5.32 Å². The average Bonchev–Trinajstić information content (AvgIpc) is 2.88. The predicted molar refractivity (Wildman–Crippen MR) is 75.7 cm³/mol. The van der Waals surface area contributed by atoms with Crippen LogP contribution >= 0.6 is 11.8 Å². The van der Waals surface area contributed by atoms with E-state index in [0.717, 1.165) is 12.5 Å². The van der Waals surface area contributed by atoms with Gasteiger partial charge in [0, 0.05) is 24.7 Å². The monoisotopic (exact) mass is 257 g/mol. The van der Waals surface area contributed by atoms with Crippen molar-refractivity contribution in [3.8, 4) is 0 Å². The van der Waals surface area contributed by atoms with E-state index in [0.29, 0.717) is 6.10 Å². The second-order valence-corrected chi connectivity index (χ2v) is 6.57. The highest BCUT2D eigenvalue weighted by molar-refractivity contribution is 7.99. The summed E-state index contributed by atoms with van der Waals surface area (Å²) in [6.07, 6.45) is 10.4. The number of rotatable bonds is 7. The Hall–Kier alpha value is 0.270. The van der Waals surface area contributed by atoms with Crippen LogP contribution in [-0.2, 0) is 4.74 Å². The predicted octanol–water partition coefficient (Wildman–Crippen LogP) is 3.07. The van der Waals surface area contributed by atoms with Crippen LogP contribution in [0.3, 0.4) is 0 Å². The maximum atomic E-state index is 5.61. The van der Waals surface area contributed by atoms with Crippen LogP contribution < -0.4 is 5.32 Å². The van der Waals surface area contributed by atoms with E-state index in [-0.39, 0.29) is 0 Å². The summed E-state index contributed by atoms with van der Waals surface area (Å²) in [6.45, 7) is 3.42. The summed E-state index contributed by atoms with van der Waals surface area (Å²) in [5, 5.41) is 3.62. The van der Waals surface area contributed by atoms with Gasteiger partial charge < -0.3 is 10.1 Å². The third-order valence-electron chi connectivity index (χ3n) is 3.91. The van der Waals surface area contributed by atoms with E-state index >= 15 is 0 Å². The molecular weight excluding hydrogens is 230 g/mol. The SMILES string of the molecule is C1CCC(CNCCSCC2CCCO2)CC1. The summed E-state index contributed by atoms with van der Waals surface area (Å²) in [7, 11) is 0. The molecule has 0 aromatic heterocycles. The largest absolute Gasteiger partial charge is 0.377 e. The number of hydrogen-bond acceptors (Lipinski definition) is 3. The summed E-state index contributed by atoms with van der Waals surface area (Å²) in [5.41, 5.74) is 0. The first-order chi connectivity index (χ1) is 8.45. The lowest BCUT2D eigenvalue weighted by Crippen LogP contribution is -2.26. The van der Waals surface area contributed by atoms with Gasteiger partial charge in [-0.2, -0.15) is 11.8 Å². The van der Waals surface area contributed by atoms with E-state index < -0.39 is 0 Å². The van der Waals surface area contributed by atoms with Crippen molar-refractivity contribution in [2.75, 3.05) is 31.2 Å². The maximum absolute atomic E-state index is 5.61. The van der Waals surface area contributed by atoms with Gasteiger partial charge in [0.15, 0.2) is 0 Å². The minimum atomic E-state index is 0.554. The normalized spacial score (nSPS) is 26.5. The number of hydrogen-bond donors (Lipinski definition) is 1. The number of nitrogens with one attached hydrogen (secondary N) is 1. The van der Waals surface area contributed by atoms with Crippen molar-refractivity contribution in [3.05, 3.63) is 0 Å². The molecule has 2 fully saturated rings. The van der Waals surface area contributed by atoms with E-state index in [1.54, 1.807) is 0 Å². The molecule has 2 rings (SSSR count). The van der Waals surface area contributed by atoms with Crippen LogP contribution in [0.5, 0.6) is 0 Å². The Bertz CT molecular complexity index is 189. The van der Waals surface area contributed by atoms with Gasteiger partial charge in [-0.05, 0) is 38.1 Å². The molecule has 1 aliphatic carbocycles. The molecule has 1 saturated heterocycles. The highest BCUT2D eigenvalue weighted by Crippen LogP contribution is 2.22. The van der Waals surface area contributed by atoms with Crippen LogP contribution in [-0.4, -0.2) is 37.3 Å². The molecule has 0 aromatic carbocycles. The molecule has 1 N–H and O–H groups in total. The fraction of sp³-hybridized carbons (Fsp3) is 1.00. The van der Waals surface area contributed by atoms with Crippen molar-refractivity contribution in [2.24, 2.45) is 5.92 Å². The van der Waals surface area contributed by atoms with Crippen LogP contribution in [0.2, 0.25) is 0 Å². The van der Waals surface area contributed by atoms with Gasteiger partial charge in [0.1, 0.15) is 0 Å². The first-order valence-electron chi connectivity index (χ1n) is 7.35. The molecule has 17 heavy (non-hydrogen) atoms. The smallest absolute Gasteiger partial charge is 0.0666 e. The fourth-order valence-electron chi connectivity index (χ4n) is 2.83. The van der Waals surface area contributed by atoms with E-state index in [1.165, 1.54) is 69.5 Å². The van der Waals surface area contributed by atoms with Crippen molar-refractivity contribution >= 4 is 11.8 Å². The topological polar surface area (TPSA) is 21.3 Å². The van der Waals surface area contributed by atoms with Gasteiger partial charge in [0.05, 0.1) is 6.10 Å². The molecule has 1 atom stereocenters.